The Balaban J connectivity index is 2.43. The second kappa shape index (κ2) is 5.18. The molecule has 0 saturated carbocycles. The zero-order valence-corrected chi connectivity index (χ0v) is 12.2. The van der Waals surface area contributed by atoms with E-state index in [1.54, 1.807) is 0 Å². The van der Waals surface area contributed by atoms with Crippen LogP contribution in [0.3, 0.4) is 0 Å². The van der Waals surface area contributed by atoms with Crippen LogP contribution >= 0.6 is 0 Å². The van der Waals surface area contributed by atoms with E-state index in [1.165, 1.54) is 6.42 Å². The topological polar surface area (TPSA) is 29.1 Å². The Morgan fingerprint density at radius 2 is 1.62 bits per heavy atom. The van der Waals surface area contributed by atoms with Crippen molar-refractivity contribution in [3.05, 3.63) is 0 Å². The Kier molecular flexibility index (Phi) is 4.58. The van der Waals surface area contributed by atoms with Crippen molar-refractivity contribution in [2.75, 3.05) is 11.5 Å². The molecule has 1 rings (SSSR count). The number of rotatable bonds is 3. The van der Waals surface area contributed by atoms with Crippen LogP contribution in [0.15, 0.2) is 0 Å². The van der Waals surface area contributed by atoms with E-state index < -0.39 is 10.8 Å². The standard InChI is InChI=1S/C13H27NOS/c1-12(2,3)10-13(4,5)14-11-6-8-16(15)9-7-11/h11,14H,6-10H2,1-5H3. The molecule has 0 unspecified atom stereocenters. The van der Waals surface area contributed by atoms with Gasteiger partial charge in [0.15, 0.2) is 0 Å². The number of hydrogen-bond donors (Lipinski definition) is 1. The first-order valence-corrected chi connectivity index (χ1v) is 7.79. The molecule has 1 saturated heterocycles. The maximum absolute atomic E-state index is 11.3. The molecular formula is C13H27NOS. The van der Waals surface area contributed by atoms with E-state index in [0.717, 1.165) is 24.3 Å². The lowest BCUT2D eigenvalue weighted by Gasteiger charge is -2.38. The fraction of sp³-hybridized carbons (Fsp3) is 1.00. The van der Waals surface area contributed by atoms with Gasteiger partial charge in [0, 0.05) is 33.9 Å². The lowest BCUT2D eigenvalue weighted by atomic mass is 9.81. The zero-order chi connectivity index (χ0) is 12.4. The molecular weight excluding hydrogens is 218 g/mol. The van der Waals surface area contributed by atoms with E-state index in [9.17, 15) is 4.21 Å². The first kappa shape index (κ1) is 14.2. The molecule has 0 aromatic heterocycles. The Labute approximate surface area is 103 Å². The van der Waals surface area contributed by atoms with Gasteiger partial charge in [0.05, 0.1) is 0 Å². The largest absolute Gasteiger partial charge is 0.309 e. The first-order chi connectivity index (χ1) is 7.18. The molecule has 1 heterocycles. The number of hydrogen-bond acceptors (Lipinski definition) is 2. The Bertz CT molecular complexity index is 245. The highest BCUT2D eigenvalue weighted by Gasteiger charge is 2.29. The van der Waals surface area contributed by atoms with Crippen molar-refractivity contribution in [3.63, 3.8) is 0 Å². The monoisotopic (exact) mass is 245 g/mol. The van der Waals surface area contributed by atoms with E-state index in [-0.39, 0.29) is 5.54 Å². The molecule has 0 bridgehead atoms. The third kappa shape index (κ3) is 5.44. The van der Waals surface area contributed by atoms with Crippen LogP contribution in [0.1, 0.15) is 53.9 Å². The summed E-state index contributed by atoms with van der Waals surface area (Å²) < 4.78 is 11.3. The van der Waals surface area contributed by atoms with E-state index in [1.807, 2.05) is 0 Å². The molecule has 0 atom stereocenters. The molecule has 3 heteroatoms. The van der Waals surface area contributed by atoms with Gasteiger partial charge in [-0.2, -0.15) is 0 Å². The van der Waals surface area contributed by atoms with Crippen LogP contribution in [-0.4, -0.2) is 27.3 Å². The summed E-state index contributed by atoms with van der Waals surface area (Å²) in [5.41, 5.74) is 0.537. The van der Waals surface area contributed by atoms with E-state index in [0.29, 0.717) is 11.5 Å². The summed E-state index contributed by atoms with van der Waals surface area (Å²) in [4.78, 5) is 0. The molecule has 0 aromatic carbocycles. The summed E-state index contributed by atoms with van der Waals surface area (Å²) in [7, 11) is -0.548. The molecule has 1 aliphatic heterocycles. The van der Waals surface area contributed by atoms with Gasteiger partial charge in [0.2, 0.25) is 0 Å². The van der Waals surface area contributed by atoms with Crippen LogP contribution in [-0.2, 0) is 10.8 Å². The third-order valence-electron chi connectivity index (χ3n) is 2.96. The lowest BCUT2D eigenvalue weighted by Crippen LogP contribution is -2.50. The second-order valence-electron chi connectivity index (χ2n) is 6.89. The number of nitrogens with one attached hydrogen (secondary N) is 1. The van der Waals surface area contributed by atoms with Crippen molar-refractivity contribution in [1.82, 2.24) is 5.32 Å². The maximum atomic E-state index is 11.3. The zero-order valence-electron chi connectivity index (χ0n) is 11.4. The summed E-state index contributed by atoms with van der Waals surface area (Å²) in [6.45, 7) is 11.4. The van der Waals surface area contributed by atoms with E-state index in [4.69, 9.17) is 0 Å². The summed E-state index contributed by atoms with van der Waals surface area (Å²) in [6.07, 6.45) is 3.31. The molecule has 1 fully saturated rings. The van der Waals surface area contributed by atoms with Gasteiger partial charge in [-0.3, -0.25) is 4.21 Å². The normalized spacial score (nSPS) is 28.1. The van der Waals surface area contributed by atoms with Crippen molar-refractivity contribution in [2.24, 2.45) is 5.41 Å². The fourth-order valence-corrected chi connectivity index (χ4v) is 4.17. The summed E-state index contributed by atoms with van der Waals surface area (Å²) in [5.74, 6) is 1.76. The van der Waals surface area contributed by atoms with Crippen molar-refractivity contribution >= 4 is 10.8 Å². The molecule has 2 nitrogen and oxygen atoms in total. The minimum atomic E-state index is -0.548. The molecule has 0 spiro atoms. The Morgan fingerprint density at radius 1 is 1.12 bits per heavy atom. The molecule has 16 heavy (non-hydrogen) atoms. The Hall–Kier alpha value is 0.110. The SMILES string of the molecule is CC(C)(C)CC(C)(C)NC1CCS(=O)CC1. The highest BCUT2D eigenvalue weighted by Crippen LogP contribution is 2.28. The predicted molar refractivity (Wildman–Crippen MR) is 72.2 cm³/mol. The molecule has 0 radical (unpaired) electrons. The minimum absolute atomic E-state index is 0.182. The highest BCUT2D eigenvalue weighted by molar-refractivity contribution is 7.85. The van der Waals surface area contributed by atoms with Crippen LogP contribution in [0.5, 0.6) is 0 Å². The van der Waals surface area contributed by atoms with Crippen molar-refractivity contribution in [2.45, 2.75) is 65.5 Å². The van der Waals surface area contributed by atoms with Crippen LogP contribution in [0.4, 0.5) is 0 Å². The van der Waals surface area contributed by atoms with Gasteiger partial charge in [-0.1, -0.05) is 20.8 Å². The molecule has 0 aromatic rings. The smallest absolute Gasteiger partial charge is 0.0249 e. The second-order valence-corrected chi connectivity index (χ2v) is 8.58. The van der Waals surface area contributed by atoms with Gasteiger partial charge >= 0.3 is 0 Å². The molecule has 96 valence electrons. The van der Waals surface area contributed by atoms with Crippen LogP contribution in [0.2, 0.25) is 0 Å². The Morgan fingerprint density at radius 3 is 2.06 bits per heavy atom. The highest BCUT2D eigenvalue weighted by atomic mass is 32.2. The molecule has 1 N–H and O–H groups in total. The van der Waals surface area contributed by atoms with Gasteiger partial charge < -0.3 is 5.32 Å². The van der Waals surface area contributed by atoms with E-state index in [2.05, 4.69) is 39.9 Å². The van der Waals surface area contributed by atoms with Crippen molar-refractivity contribution in [1.29, 1.82) is 0 Å². The van der Waals surface area contributed by atoms with Crippen LogP contribution in [0.25, 0.3) is 0 Å². The first-order valence-electron chi connectivity index (χ1n) is 6.31. The minimum Gasteiger partial charge on any atom is -0.309 e. The van der Waals surface area contributed by atoms with Crippen molar-refractivity contribution in [3.8, 4) is 0 Å². The molecule has 0 amide bonds. The van der Waals surface area contributed by atoms with Gasteiger partial charge in [-0.05, 0) is 38.5 Å². The third-order valence-corrected chi connectivity index (χ3v) is 4.34. The molecule has 0 aliphatic carbocycles. The summed E-state index contributed by atoms with van der Waals surface area (Å²) in [5, 5.41) is 3.74. The average molecular weight is 245 g/mol. The summed E-state index contributed by atoms with van der Waals surface area (Å²) in [6, 6.07) is 0.565. The van der Waals surface area contributed by atoms with E-state index >= 15 is 0 Å². The lowest BCUT2D eigenvalue weighted by molar-refractivity contribution is 0.217. The van der Waals surface area contributed by atoms with Crippen LogP contribution in [0, 0.1) is 5.41 Å². The van der Waals surface area contributed by atoms with Crippen molar-refractivity contribution < 1.29 is 4.21 Å². The van der Waals surface area contributed by atoms with Gasteiger partial charge in [-0.15, -0.1) is 0 Å². The van der Waals surface area contributed by atoms with Gasteiger partial charge in [0.1, 0.15) is 0 Å². The quantitative estimate of drug-likeness (QED) is 0.828. The maximum Gasteiger partial charge on any atom is 0.0249 e. The molecule has 1 aliphatic rings. The summed E-state index contributed by atoms with van der Waals surface area (Å²) >= 11 is 0. The average Bonchev–Trinajstić information content (AvgIpc) is 2.04. The predicted octanol–water partition coefficient (Wildman–Crippen LogP) is 2.70. The van der Waals surface area contributed by atoms with Gasteiger partial charge in [-0.25, -0.2) is 0 Å². The van der Waals surface area contributed by atoms with Crippen LogP contribution < -0.4 is 5.32 Å². The van der Waals surface area contributed by atoms with Gasteiger partial charge in [0.25, 0.3) is 0 Å². The fourth-order valence-electron chi connectivity index (χ4n) is 2.87.